The van der Waals surface area contributed by atoms with E-state index in [1.807, 2.05) is 0 Å². The highest BCUT2D eigenvalue weighted by Crippen LogP contribution is 2.40. The lowest BCUT2D eigenvalue weighted by Gasteiger charge is -2.07. The molecule has 1 aromatic rings. The van der Waals surface area contributed by atoms with Crippen LogP contribution in [0.1, 0.15) is 22.2 Å². The summed E-state index contributed by atoms with van der Waals surface area (Å²) in [6.07, 6.45) is -4.99. The molecule has 5 nitrogen and oxygen atoms in total. The average Bonchev–Trinajstić information content (AvgIpc) is 2.60. The summed E-state index contributed by atoms with van der Waals surface area (Å²) in [6.45, 7) is 1.27. The van der Waals surface area contributed by atoms with Crippen LogP contribution in [0.15, 0.2) is 10.3 Å². The summed E-state index contributed by atoms with van der Waals surface area (Å²) in [5, 5.41) is 0.684. The maximum atomic E-state index is 12.5. The summed E-state index contributed by atoms with van der Waals surface area (Å²) in [7, 11) is -5.18. The van der Waals surface area contributed by atoms with Gasteiger partial charge in [-0.3, -0.25) is 4.55 Å². The largest absolute Gasteiger partial charge is 0.462 e. The van der Waals surface area contributed by atoms with E-state index in [-0.39, 0.29) is 30.4 Å². The Bertz CT molecular complexity index is 563. The zero-order valence-corrected chi connectivity index (χ0v) is 11.7. The van der Waals surface area contributed by atoms with Crippen molar-refractivity contribution < 1.29 is 35.7 Å². The summed E-state index contributed by atoms with van der Waals surface area (Å²) in [5.74, 6) is -1.24. The van der Waals surface area contributed by atoms with Gasteiger partial charge in [0.05, 0.1) is 12.2 Å². The number of alkyl halides is 3. The van der Waals surface area contributed by atoms with Crippen molar-refractivity contribution in [2.45, 2.75) is 18.0 Å². The highest BCUT2D eigenvalue weighted by Gasteiger charge is 2.42. The topological polar surface area (TPSA) is 80.7 Å². The normalized spacial score (nSPS) is 11.8. The van der Waals surface area contributed by atoms with E-state index < -0.39 is 37.6 Å². The molecule has 0 spiro atoms. The van der Waals surface area contributed by atoms with Crippen molar-refractivity contribution in [1.82, 2.24) is 0 Å². The first-order valence-corrected chi connectivity index (χ1v) is 6.74. The van der Waals surface area contributed by atoms with Crippen LogP contribution in [-0.4, -0.2) is 25.5 Å². The third-order valence-corrected chi connectivity index (χ3v) is 3.85. The molecule has 0 radical (unpaired) electrons. The summed E-state index contributed by atoms with van der Waals surface area (Å²) in [6, 6.07) is 0. The van der Waals surface area contributed by atoms with Crippen molar-refractivity contribution in [2.24, 2.45) is 0 Å². The number of carbonyl (C=O) groups is 1. The lowest BCUT2D eigenvalue weighted by molar-refractivity contribution is -0.136. The van der Waals surface area contributed by atoms with Crippen LogP contribution in [0, 0.1) is 0 Å². The van der Waals surface area contributed by atoms with Crippen molar-refractivity contribution in [1.29, 1.82) is 0 Å². The fourth-order valence-electron chi connectivity index (χ4n) is 1.15. The van der Waals surface area contributed by atoms with Crippen LogP contribution in [0.25, 0.3) is 0 Å². The Kier molecular flexibility index (Phi) is 5.81. The molecule has 0 fully saturated rings. The molecule has 0 aliphatic carbocycles. The molecule has 0 amide bonds. The first-order valence-electron chi connectivity index (χ1n) is 4.42. The van der Waals surface area contributed by atoms with Crippen LogP contribution < -0.4 is 0 Å². The van der Waals surface area contributed by atoms with Crippen LogP contribution in [0.5, 0.6) is 0 Å². The quantitative estimate of drug-likeness (QED) is 0.675. The van der Waals surface area contributed by atoms with Gasteiger partial charge in [-0.2, -0.15) is 21.6 Å². The Labute approximate surface area is 116 Å². The molecule has 0 atom stereocenters. The van der Waals surface area contributed by atoms with Gasteiger partial charge in [0, 0.05) is 5.38 Å². The van der Waals surface area contributed by atoms with Gasteiger partial charge in [0.25, 0.3) is 10.1 Å². The highest BCUT2D eigenvalue weighted by atomic mass is 35.5. The molecule has 0 bridgehead atoms. The molecular weight excluding hydrogens is 333 g/mol. The standard InChI is InChI=1S/C8H7F3O5S2.ClH/c1-2-16-7(12)4-3-17-6(8(9,10)11)5(4)18(13,14)15;/h3H,2H2,1H3,(H,13,14,15);1H. The van der Waals surface area contributed by atoms with Gasteiger partial charge in [-0.25, -0.2) is 4.79 Å². The van der Waals surface area contributed by atoms with Crippen LogP contribution in [0.2, 0.25) is 0 Å². The van der Waals surface area contributed by atoms with E-state index in [1.165, 1.54) is 6.92 Å². The van der Waals surface area contributed by atoms with Crippen LogP contribution in [-0.2, 0) is 21.0 Å². The molecular formula is C8H8ClF3O5S2. The van der Waals surface area contributed by atoms with Crippen LogP contribution >= 0.6 is 23.7 Å². The van der Waals surface area contributed by atoms with Gasteiger partial charge in [-0.15, -0.1) is 23.7 Å². The molecule has 0 aromatic carbocycles. The van der Waals surface area contributed by atoms with E-state index in [4.69, 9.17) is 4.55 Å². The van der Waals surface area contributed by atoms with Gasteiger partial charge in [0.2, 0.25) is 0 Å². The number of halogens is 4. The molecule has 0 unspecified atom stereocenters. The second-order valence-corrected chi connectivity index (χ2v) is 5.24. The molecule has 0 aliphatic heterocycles. The van der Waals surface area contributed by atoms with Gasteiger partial charge in [-0.05, 0) is 6.92 Å². The smallest absolute Gasteiger partial charge is 0.426 e. The zero-order valence-electron chi connectivity index (χ0n) is 9.22. The van der Waals surface area contributed by atoms with Crippen LogP contribution in [0.4, 0.5) is 13.2 Å². The minimum Gasteiger partial charge on any atom is -0.462 e. The number of esters is 1. The van der Waals surface area contributed by atoms with Crippen molar-refractivity contribution in [2.75, 3.05) is 6.61 Å². The number of thiophene rings is 1. The fourth-order valence-corrected chi connectivity index (χ4v) is 3.25. The van der Waals surface area contributed by atoms with Gasteiger partial charge >= 0.3 is 12.1 Å². The number of carbonyl (C=O) groups excluding carboxylic acids is 1. The summed E-state index contributed by atoms with van der Waals surface area (Å²) >= 11 is -0.000832. The number of hydrogen-bond acceptors (Lipinski definition) is 5. The average molecular weight is 341 g/mol. The summed E-state index contributed by atoms with van der Waals surface area (Å²) in [5.41, 5.74) is -0.823. The third-order valence-electron chi connectivity index (χ3n) is 1.76. The van der Waals surface area contributed by atoms with Crippen LogP contribution in [0.3, 0.4) is 0 Å². The van der Waals surface area contributed by atoms with Gasteiger partial charge in [0.1, 0.15) is 9.77 Å². The van der Waals surface area contributed by atoms with Crippen molar-refractivity contribution in [3.8, 4) is 0 Å². The predicted molar refractivity (Wildman–Crippen MR) is 62.3 cm³/mol. The van der Waals surface area contributed by atoms with E-state index in [0.717, 1.165) is 0 Å². The second-order valence-electron chi connectivity index (χ2n) is 3.00. The maximum absolute atomic E-state index is 12.5. The van der Waals surface area contributed by atoms with Gasteiger partial charge < -0.3 is 4.74 Å². The monoisotopic (exact) mass is 340 g/mol. The van der Waals surface area contributed by atoms with E-state index in [0.29, 0.717) is 5.38 Å². The first kappa shape index (κ1) is 18.2. The molecule has 19 heavy (non-hydrogen) atoms. The van der Waals surface area contributed by atoms with Crippen molar-refractivity contribution >= 4 is 39.8 Å². The number of ether oxygens (including phenoxy) is 1. The summed E-state index contributed by atoms with van der Waals surface area (Å²) in [4.78, 5) is 8.27. The minimum atomic E-state index is -5.18. The van der Waals surface area contributed by atoms with E-state index in [2.05, 4.69) is 4.74 Å². The SMILES string of the molecule is CCOC(=O)c1csc(C(F)(F)F)c1S(=O)(=O)O.Cl. The Morgan fingerprint density at radius 1 is 1.47 bits per heavy atom. The van der Waals surface area contributed by atoms with E-state index in [1.54, 1.807) is 0 Å². The molecule has 0 aliphatic rings. The molecule has 1 aromatic heterocycles. The Morgan fingerprint density at radius 3 is 2.37 bits per heavy atom. The molecule has 110 valence electrons. The number of hydrogen-bond donors (Lipinski definition) is 1. The minimum absolute atomic E-state index is 0. The van der Waals surface area contributed by atoms with E-state index in [9.17, 15) is 26.4 Å². The lowest BCUT2D eigenvalue weighted by Crippen LogP contribution is -2.14. The predicted octanol–water partition coefficient (Wildman–Crippen LogP) is 2.61. The molecule has 1 N–H and O–H groups in total. The molecule has 0 saturated carbocycles. The Balaban J connectivity index is 0.00000324. The Hall–Kier alpha value is -0.840. The molecule has 11 heteroatoms. The van der Waals surface area contributed by atoms with Gasteiger partial charge in [0.15, 0.2) is 0 Å². The summed E-state index contributed by atoms with van der Waals surface area (Å²) < 4.78 is 72.7. The Morgan fingerprint density at radius 2 is 2.00 bits per heavy atom. The molecule has 0 saturated heterocycles. The zero-order chi connectivity index (χ0) is 14.1. The third kappa shape index (κ3) is 4.06. The van der Waals surface area contributed by atoms with E-state index >= 15 is 0 Å². The molecule has 1 rings (SSSR count). The maximum Gasteiger partial charge on any atom is 0.426 e. The lowest BCUT2D eigenvalue weighted by atomic mass is 10.3. The number of rotatable bonds is 3. The second kappa shape index (κ2) is 6.07. The van der Waals surface area contributed by atoms with Crippen molar-refractivity contribution in [3.63, 3.8) is 0 Å². The van der Waals surface area contributed by atoms with Gasteiger partial charge in [-0.1, -0.05) is 0 Å². The van der Waals surface area contributed by atoms with Crippen molar-refractivity contribution in [3.05, 3.63) is 15.8 Å². The first-order chi connectivity index (χ1) is 8.09. The highest BCUT2D eigenvalue weighted by molar-refractivity contribution is 7.86. The fraction of sp³-hybridized carbons (Fsp3) is 0.375. The molecule has 1 heterocycles.